The van der Waals surface area contributed by atoms with Crippen molar-refractivity contribution in [3.8, 4) is 0 Å². The molecule has 0 amide bonds. The van der Waals surface area contributed by atoms with E-state index in [2.05, 4.69) is 0 Å². The molecule has 37 heavy (non-hydrogen) atoms. The minimum atomic E-state index is -4.00. The van der Waals surface area contributed by atoms with E-state index in [1.807, 2.05) is 19.1 Å². The summed E-state index contributed by atoms with van der Waals surface area (Å²) < 4.78 is 33.8. The second-order valence-electron chi connectivity index (χ2n) is 9.61. The number of benzene rings is 3. The molecule has 1 atom stereocenters. The molecule has 190 valence electrons. The van der Waals surface area contributed by atoms with E-state index in [1.165, 1.54) is 16.4 Å². The molecule has 1 unspecified atom stereocenters. The summed E-state index contributed by atoms with van der Waals surface area (Å²) in [6, 6.07) is 12.6. The molecule has 1 aliphatic heterocycles. The van der Waals surface area contributed by atoms with Crippen LogP contribution in [-0.2, 0) is 32.5 Å². The largest absolute Gasteiger partial charge is 0.465 e. The zero-order chi connectivity index (χ0) is 26.6. The summed E-state index contributed by atoms with van der Waals surface area (Å²) in [7, 11) is -4.00. The number of rotatable bonds is 4. The molecule has 3 aromatic carbocycles. The standard InChI is InChI=1S/C29H27NO6S/c1-5-36-29(33)26-14-21-10-19-12-24-25(28(32)18(4)17(3)27(24)31)13-20(19)11-22(21)15-30(26)37(34,35)23-8-6-16(2)7-9-23/h6-13,26H,5,14-15H2,1-4H3. The Balaban J connectivity index is 1.63. The van der Waals surface area contributed by atoms with Crippen molar-refractivity contribution >= 4 is 38.3 Å². The SMILES string of the molecule is CCOC(=O)C1Cc2cc3cc4c(cc3cc2CN1S(=O)(=O)c1ccc(C)cc1)C(=O)C(C)=C(C)C4=O. The number of allylic oxidation sites excluding steroid dienone is 2. The number of ether oxygens (including phenoxy) is 1. The third kappa shape index (κ3) is 4.10. The molecule has 0 radical (unpaired) electrons. The number of hydrogen-bond donors (Lipinski definition) is 0. The number of aryl methyl sites for hydroxylation is 1. The Morgan fingerprint density at radius 1 is 0.892 bits per heavy atom. The normalized spacial score (nSPS) is 18.1. The van der Waals surface area contributed by atoms with Crippen LogP contribution in [0.15, 0.2) is 64.6 Å². The maximum Gasteiger partial charge on any atom is 0.324 e. The molecule has 7 nitrogen and oxygen atoms in total. The van der Waals surface area contributed by atoms with Gasteiger partial charge in [0, 0.05) is 35.2 Å². The van der Waals surface area contributed by atoms with Gasteiger partial charge in [-0.25, -0.2) is 8.42 Å². The highest BCUT2D eigenvalue weighted by atomic mass is 32.2. The van der Waals surface area contributed by atoms with Gasteiger partial charge < -0.3 is 4.74 Å². The maximum atomic E-state index is 13.7. The van der Waals surface area contributed by atoms with E-state index < -0.39 is 22.0 Å². The van der Waals surface area contributed by atoms with Gasteiger partial charge in [0.15, 0.2) is 11.6 Å². The van der Waals surface area contributed by atoms with E-state index in [-0.39, 0.29) is 36.0 Å². The highest BCUT2D eigenvalue weighted by Gasteiger charge is 2.41. The first kappa shape index (κ1) is 25.0. The first-order chi connectivity index (χ1) is 17.5. The number of carbonyl (C=O) groups is 3. The van der Waals surface area contributed by atoms with Crippen LogP contribution in [0.5, 0.6) is 0 Å². The molecule has 2 aliphatic rings. The lowest BCUT2D eigenvalue weighted by Crippen LogP contribution is -2.49. The average molecular weight is 518 g/mol. The first-order valence-corrected chi connectivity index (χ1v) is 13.6. The summed E-state index contributed by atoms with van der Waals surface area (Å²) in [4.78, 5) is 38.8. The fraction of sp³-hybridized carbons (Fsp3) is 0.276. The third-order valence-corrected chi connectivity index (χ3v) is 9.17. The summed E-state index contributed by atoms with van der Waals surface area (Å²) in [6.07, 6.45) is 0.136. The number of hydrogen-bond acceptors (Lipinski definition) is 6. The molecule has 3 aromatic rings. The lowest BCUT2D eigenvalue weighted by molar-refractivity contribution is -0.148. The zero-order valence-corrected chi connectivity index (χ0v) is 21.9. The van der Waals surface area contributed by atoms with Crippen LogP contribution in [-0.4, -0.2) is 42.9 Å². The lowest BCUT2D eigenvalue weighted by atomic mass is 9.83. The number of ketones is 2. The second-order valence-corrected chi connectivity index (χ2v) is 11.5. The number of Topliss-reactive ketones (excluding diaryl/α,β-unsaturated/α-hetero) is 2. The highest BCUT2D eigenvalue weighted by molar-refractivity contribution is 7.89. The smallest absolute Gasteiger partial charge is 0.324 e. The van der Waals surface area contributed by atoms with Crippen LogP contribution in [0, 0.1) is 6.92 Å². The van der Waals surface area contributed by atoms with Crippen molar-refractivity contribution < 1.29 is 27.5 Å². The van der Waals surface area contributed by atoms with Crippen LogP contribution in [0.4, 0.5) is 0 Å². The molecule has 0 N–H and O–H groups in total. The fourth-order valence-corrected chi connectivity index (χ4v) is 6.58. The van der Waals surface area contributed by atoms with Crippen molar-refractivity contribution in [3.05, 3.63) is 87.5 Å². The van der Waals surface area contributed by atoms with Crippen LogP contribution >= 0.6 is 0 Å². The molecular formula is C29H27NO6S. The fourth-order valence-electron chi connectivity index (χ4n) is 5.03. The molecule has 0 saturated carbocycles. The number of esters is 1. The van der Waals surface area contributed by atoms with Gasteiger partial charge in [0.1, 0.15) is 6.04 Å². The monoisotopic (exact) mass is 517 g/mol. The Kier molecular flexibility index (Phi) is 6.12. The summed E-state index contributed by atoms with van der Waals surface area (Å²) >= 11 is 0. The lowest BCUT2D eigenvalue weighted by Gasteiger charge is -2.34. The number of carbonyl (C=O) groups excluding carboxylic acids is 3. The van der Waals surface area contributed by atoms with Crippen LogP contribution in [0.1, 0.15) is 58.2 Å². The minimum Gasteiger partial charge on any atom is -0.465 e. The molecule has 8 heteroatoms. The van der Waals surface area contributed by atoms with Crippen molar-refractivity contribution in [1.29, 1.82) is 0 Å². The Bertz CT molecular complexity index is 1630. The molecule has 1 aliphatic carbocycles. The summed E-state index contributed by atoms with van der Waals surface area (Å²) in [5.41, 5.74) is 4.05. The predicted octanol–water partition coefficient (Wildman–Crippen LogP) is 4.54. The first-order valence-electron chi connectivity index (χ1n) is 12.1. The molecule has 0 spiro atoms. The number of sulfonamides is 1. The van der Waals surface area contributed by atoms with Gasteiger partial charge in [0.2, 0.25) is 10.0 Å². The molecule has 0 fully saturated rings. The number of fused-ring (bicyclic) bond motifs is 3. The predicted molar refractivity (Wildman–Crippen MR) is 139 cm³/mol. The molecule has 1 heterocycles. The minimum absolute atomic E-state index is 0.0209. The summed E-state index contributed by atoms with van der Waals surface area (Å²) in [5.74, 6) is -0.962. The van der Waals surface area contributed by atoms with Gasteiger partial charge in [-0.3, -0.25) is 14.4 Å². The van der Waals surface area contributed by atoms with E-state index >= 15 is 0 Å². The summed E-state index contributed by atoms with van der Waals surface area (Å²) in [5, 5.41) is 1.48. The van der Waals surface area contributed by atoms with Crippen LogP contribution in [0.3, 0.4) is 0 Å². The van der Waals surface area contributed by atoms with Crippen molar-refractivity contribution in [2.24, 2.45) is 0 Å². The molecule has 0 bridgehead atoms. The average Bonchev–Trinajstić information content (AvgIpc) is 2.88. The van der Waals surface area contributed by atoms with E-state index in [9.17, 15) is 22.8 Å². The van der Waals surface area contributed by atoms with Gasteiger partial charge in [-0.05, 0) is 79.9 Å². The highest BCUT2D eigenvalue weighted by Crippen LogP contribution is 2.35. The van der Waals surface area contributed by atoms with Crippen molar-refractivity contribution in [2.75, 3.05) is 6.61 Å². The van der Waals surface area contributed by atoms with Crippen molar-refractivity contribution in [1.82, 2.24) is 4.31 Å². The van der Waals surface area contributed by atoms with E-state index in [0.717, 1.165) is 27.5 Å². The quantitative estimate of drug-likeness (QED) is 0.471. The second kappa shape index (κ2) is 9.04. The molecule has 5 rings (SSSR count). The zero-order valence-electron chi connectivity index (χ0n) is 21.1. The van der Waals surface area contributed by atoms with Gasteiger partial charge in [0.05, 0.1) is 11.5 Å². The molecular weight excluding hydrogens is 490 g/mol. The van der Waals surface area contributed by atoms with Gasteiger partial charge in [-0.2, -0.15) is 4.31 Å². The maximum absolute atomic E-state index is 13.7. The van der Waals surface area contributed by atoms with Crippen LogP contribution in [0.2, 0.25) is 0 Å². The van der Waals surface area contributed by atoms with E-state index in [0.29, 0.717) is 22.3 Å². The Morgan fingerprint density at radius 3 is 1.97 bits per heavy atom. The van der Waals surface area contributed by atoms with Crippen LogP contribution < -0.4 is 0 Å². The number of nitrogens with zero attached hydrogens (tertiary/aromatic N) is 1. The van der Waals surface area contributed by atoms with Crippen molar-refractivity contribution in [2.45, 2.75) is 51.6 Å². The van der Waals surface area contributed by atoms with Gasteiger partial charge in [-0.1, -0.05) is 23.8 Å². The van der Waals surface area contributed by atoms with Crippen LogP contribution in [0.25, 0.3) is 10.8 Å². The summed E-state index contributed by atoms with van der Waals surface area (Å²) in [6.45, 7) is 6.97. The Hall–Kier alpha value is -3.62. The Morgan fingerprint density at radius 2 is 1.43 bits per heavy atom. The van der Waals surface area contributed by atoms with Gasteiger partial charge >= 0.3 is 5.97 Å². The van der Waals surface area contributed by atoms with Gasteiger partial charge in [0.25, 0.3) is 0 Å². The molecule has 0 saturated heterocycles. The van der Waals surface area contributed by atoms with E-state index in [4.69, 9.17) is 4.74 Å². The van der Waals surface area contributed by atoms with Gasteiger partial charge in [-0.15, -0.1) is 0 Å². The Labute approximate surface area is 215 Å². The topological polar surface area (TPSA) is 97.8 Å². The molecule has 0 aromatic heterocycles. The van der Waals surface area contributed by atoms with E-state index in [1.54, 1.807) is 45.0 Å². The van der Waals surface area contributed by atoms with Crippen molar-refractivity contribution in [3.63, 3.8) is 0 Å². The third-order valence-electron chi connectivity index (χ3n) is 7.30.